The highest BCUT2D eigenvalue weighted by atomic mass is 35.5. The average molecular weight is 213 g/mol. The number of carbonyl (C=O) groups excluding carboxylic acids is 1. The van der Waals surface area contributed by atoms with E-state index in [2.05, 4.69) is 9.97 Å². The number of rotatable bonds is 3. The van der Waals surface area contributed by atoms with Crippen molar-refractivity contribution in [3.63, 3.8) is 0 Å². The van der Waals surface area contributed by atoms with E-state index in [4.69, 9.17) is 16.3 Å². The number of halogens is 1. The summed E-state index contributed by atoms with van der Waals surface area (Å²) in [5.74, 6) is -0.475. The summed E-state index contributed by atoms with van der Waals surface area (Å²) < 4.78 is 4.80. The van der Waals surface area contributed by atoms with E-state index >= 15 is 0 Å². The first kappa shape index (κ1) is 10.7. The summed E-state index contributed by atoms with van der Waals surface area (Å²) in [6.45, 7) is 2.03. The minimum atomic E-state index is -0.475. The Balaban J connectivity index is 2.89. The van der Waals surface area contributed by atoms with Crippen LogP contribution in [0, 0.1) is 0 Å². The standard InChI is InChI=1S/C9H9ClN2O2/c1-2-14-9(13)8(3-10)7-4-11-6-12-5-7/h3-6H,2H2,1H3/b8-3+. The number of esters is 1. The van der Waals surface area contributed by atoms with Crippen molar-refractivity contribution in [1.82, 2.24) is 9.97 Å². The van der Waals surface area contributed by atoms with Crippen LogP contribution >= 0.6 is 11.6 Å². The summed E-state index contributed by atoms with van der Waals surface area (Å²) in [5, 5.41) is 0. The van der Waals surface area contributed by atoms with E-state index in [9.17, 15) is 4.79 Å². The van der Waals surface area contributed by atoms with Crippen molar-refractivity contribution >= 4 is 23.1 Å². The molecule has 0 fully saturated rings. The highest BCUT2D eigenvalue weighted by Gasteiger charge is 2.12. The maximum absolute atomic E-state index is 11.3. The molecule has 0 N–H and O–H groups in total. The molecule has 0 aliphatic rings. The van der Waals surface area contributed by atoms with E-state index in [0.29, 0.717) is 12.2 Å². The first-order valence-electron chi connectivity index (χ1n) is 4.02. The molecule has 1 aromatic rings. The van der Waals surface area contributed by atoms with E-state index in [1.807, 2.05) is 0 Å². The Hall–Kier alpha value is -1.42. The van der Waals surface area contributed by atoms with Crippen molar-refractivity contribution in [2.45, 2.75) is 6.92 Å². The molecule has 0 aliphatic heterocycles. The Morgan fingerprint density at radius 1 is 1.57 bits per heavy atom. The molecular formula is C9H9ClN2O2. The number of ether oxygens (including phenoxy) is 1. The minimum Gasteiger partial charge on any atom is -0.462 e. The zero-order valence-electron chi connectivity index (χ0n) is 7.61. The van der Waals surface area contributed by atoms with Crippen molar-refractivity contribution < 1.29 is 9.53 Å². The molecule has 0 aromatic carbocycles. The van der Waals surface area contributed by atoms with Crippen molar-refractivity contribution in [2.75, 3.05) is 6.61 Å². The SMILES string of the molecule is CCOC(=O)/C(=C/Cl)c1cncnc1. The Bertz CT molecular complexity index is 338. The van der Waals surface area contributed by atoms with E-state index in [1.165, 1.54) is 18.7 Å². The maximum atomic E-state index is 11.3. The largest absolute Gasteiger partial charge is 0.462 e. The summed E-state index contributed by atoms with van der Waals surface area (Å²) in [7, 11) is 0. The van der Waals surface area contributed by atoms with Gasteiger partial charge in [0, 0.05) is 23.5 Å². The fourth-order valence-corrected chi connectivity index (χ4v) is 1.09. The Kier molecular flexibility index (Phi) is 4.07. The predicted molar refractivity (Wildman–Crippen MR) is 52.5 cm³/mol. The fraction of sp³-hybridized carbons (Fsp3) is 0.222. The number of hydrogen-bond donors (Lipinski definition) is 0. The number of carbonyl (C=O) groups is 1. The Morgan fingerprint density at radius 3 is 2.71 bits per heavy atom. The quantitative estimate of drug-likeness (QED) is 0.564. The molecule has 0 aliphatic carbocycles. The Labute approximate surface area is 86.6 Å². The van der Waals surface area contributed by atoms with Crippen LogP contribution < -0.4 is 0 Å². The van der Waals surface area contributed by atoms with Gasteiger partial charge < -0.3 is 4.74 Å². The lowest BCUT2D eigenvalue weighted by molar-refractivity contribution is -0.136. The van der Waals surface area contributed by atoms with Crippen LogP contribution in [-0.2, 0) is 9.53 Å². The highest BCUT2D eigenvalue weighted by molar-refractivity contribution is 6.34. The van der Waals surface area contributed by atoms with Gasteiger partial charge in [0.25, 0.3) is 0 Å². The van der Waals surface area contributed by atoms with Crippen molar-refractivity contribution in [3.8, 4) is 0 Å². The van der Waals surface area contributed by atoms with Crippen LogP contribution in [-0.4, -0.2) is 22.5 Å². The van der Waals surface area contributed by atoms with Gasteiger partial charge in [-0.15, -0.1) is 0 Å². The zero-order chi connectivity index (χ0) is 10.4. The first-order valence-corrected chi connectivity index (χ1v) is 4.46. The lowest BCUT2D eigenvalue weighted by Gasteiger charge is -2.04. The summed E-state index contributed by atoms with van der Waals surface area (Å²) >= 11 is 5.51. The zero-order valence-corrected chi connectivity index (χ0v) is 8.36. The number of hydrogen-bond acceptors (Lipinski definition) is 4. The molecule has 0 saturated heterocycles. The molecule has 1 aromatic heterocycles. The van der Waals surface area contributed by atoms with Crippen LogP contribution in [0.5, 0.6) is 0 Å². The summed E-state index contributed by atoms with van der Waals surface area (Å²) in [6, 6.07) is 0. The highest BCUT2D eigenvalue weighted by Crippen LogP contribution is 2.14. The molecule has 14 heavy (non-hydrogen) atoms. The smallest absolute Gasteiger partial charge is 0.339 e. The first-order chi connectivity index (χ1) is 6.79. The van der Waals surface area contributed by atoms with E-state index in [0.717, 1.165) is 5.54 Å². The average Bonchev–Trinajstić information content (AvgIpc) is 2.21. The summed E-state index contributed by atoms with van der Waals surface area (Å²) in [4.78, 5) is 18.9. The van der Waals surface area contributed by atoms with Gasteiger partial charge in [0.05, 0.1) is 12.2 Å². The molecule has 0 spiro atoms. The summed E-state index contributed by atoms with van der Waals surface area (Å²) in [5.41, 5.74) is 1.96. The van der Waals surface area contributed by atoms with Gasteiger partial charge >= 0.3 is 5.97 Å². The van der Waals surface area contributed by atoms with E-state index < -0.39 is 5.97 Å². The second-order valence-corrected chi connectivity index (χ2v) is 2.59. The topological polar surface area (TPSA) is 52.1 Å². The molecule has 0 radical (unpaired) electrons. The molecule has 0 saturated carbocycles. The van der Waals surface area contributed by atoms with E-state index in [1.54, 1.807) is 6.92 Å². The minimum absolute atomic E-state index is 0.258. The van der Waals surface area contributed by atoms with Crippen LogP contribution in [0.2, 0.25) is 0 Å². The molecule has 5 heteroatoms. The summed E-state index contributed by atoms with van der Waals surface area (Å²) in [6.07, 6.45) is 4.37. The van der Waals surface area contributed by atoms with Gasteiger partial charge in [-0.1, -0.05) is 11.6 Å². The van der Waals surface area contributed by atoms with Gasteiger partial charge in [-0.3, -0.25) is 0 Å². The van der Waals surface area contributed by atoms with Crippen molar-refractivity contribution in [2.24, 2.45) is 0 Å². The second-order valence-electron chi connectivity index (χ2n) is 2.37. The lowest BCUT2D eigenvalue weighted by Crippen LogP contribution is -2.06. The third-order valence-electron chi connectivity index (χ3n) is 1.48. The molecule has 4 nitrogen and oxygen atoms in total. The van der Waals surface area contributed by atoms with Crippen LogP contribution in [0.15, 0.2) is 24.3 Å². The van der Waals surface area contributed by atoms with Gasteiger partial charge in [0.15, 0.2) is 0 Å². The maximum Gasteiger partial charge on any atom is 0.339 e. The number of nitrogens with zero attached hydrogens (tertiary/aromatic N) is 2. The van der Waals surface area contributed by atoms with Gasteiger partial charge in [-0.25, -0.2) is 14.8 Å². The van der Waals surface area contributed by atoms with Gasteiger partial charge in [0.1, 0.15) is 6.33 Å². The number of aromatic nitrogens is 2. The fourth-order valence-electron chi connectivity index (χ4n) is 0.872. The monoisotopic (exact) mass is 212 g/mol. The van der Waals surface area contributed by atoms with Gasteiger partial charge in [-0.05, 0) is 6.92 Å². The molecule has 0 atom stereocenters. The molecule has 1 rings (SSSR count). The van der Waals surface area contributed by atoms with Crippen LogP contribution in [0.3, 0.4) is 0 Å². The molecular weight excluding hydrogens is 204 g/mol. The predicted octanol–water partition coefficient (Wildman–Crippen LogP) is 1.62. The van der Waals surface area contributed by atoms with Crippen LogP contribution in [0.1, 0.15) is 12.5 Å². The van der Waals surface area contributed by atoms with Crippen molar-refractivity contribution in [1.29, 1.82) is 0 Å². The van der Waals surface area contributed by atoms with E-state index in [-0.39, 0.29) is 5.57 Å². The molecule has 0 amide bonds. The third-order valence-corrected chi connectivity index (χ3v) is 1.69. The molecule has 1 heterocycles. The van der Waals surface area contributed by atoms with Gasteiger partial charge in [-0.2, -0.15) is 0 Å². The third kappa shape index (κ3) is 2.53. The molecule has 0 bridgehead atoms. The van der Waals surface area contributed by atoms with Gasteiger partial charge in [0.2, 0.25) is 0 Å². The molecule has 0 unspecified atom stereocenters. The van der Waals surface area contributed by atoms with Crippen LogP contribution in [0.25, 0.3) is 5.57 Å². The second kappa shape index (κ2) is 5.34. The van der Waals surface area contributed by atoms with Crippen LogP contribution in [0.4, 0.5) is 0 Å². The normalized spacial score (nSPS) is 11.1. The Morgan fingerprint density at radius 2 is 2.21 bits per heavy atom. The lowest BCUT2D eigenvalue weighted by atomic mass is 10.2. The molecule has 74 valence electrons. The van der Waals surface area contributed by atoms with Crippen molar-refractivity contribution in [3.05, 3.63) is 29.8 Å².